The van der Waals surface area contributed by atoms with E-state index >= 15 is 0 Å². The molecule has 2 N–H and O–H groups in total. The summed E-state index contributed by atoms with van der Waals surface area (Å²) in [6, 6.07) is 4.63. The Morgan fingerprint density at radius 1 is 1.15 bits per heavy atom. The molecule has 1 aliphatic carbocycles. The number of amides is 2. The topological polar surface area (TPSA) is 92.3 Å². The molecule has 2 amide bonds. The average molecular weight is 393 g/mol. The minimum Gasteiger partial charge on any atom is -0.354 e. The third kappa shape index (κ3) is 3.61. The van der Waals surface area contributed by atoms with Crippen molar-refractivity contribution >= 4 is 21.7 Å². The van der Waals surface area contributed by atoms with Crippen molar-refractivity contribution in [2.45, 2.75) is 74.5 Å². The van der Waals surface area contributed by atoms with Crippen LogP contribution in [0.15, 0.2) is 23.1 Å². The number of rotatable bonds is 4. The number of carbonyl (C=O) groups excluding carboxylic acids is 2. The van der Waals surface area contributed by atoms with E-state index in [1.54, 1.807) is 19.1 Å². The predicted molar refractivity (Wildman–Crippen MR) is 103 cm³/mol. The van der Waals surface area contributed by atoms with E-state index in [2.05, 4.69) is 10.6 Å². The Kier molecular flexibility index (Phi) is 5.60. The summed E-state index contributed by atoms with van der Waals surface area (Å²) >= 11 is 0. The van der Waals surface area contributed by atoms with Gasteiger partial charge < -0.3 is 10.6 Å². The van der Waals surface area contributed by atoms with Crippen molar-refractivity contribution in [1.82, 2.24) is 10.6 Å². The Bertz CT molecular complexity index is 842. The Labute approximate surface area is 161 Å². The van der Waals surface area contributed by atoms with Gasteiger partial charge in [-0.3, -0.25) is 9.59 Å². The van der Waals surface area contributed by atoms with Crippen LogP contribution in [0.1, 0.15) is 56.1 Å². The first-order chi connectivity index (χ1) is 12.8. The van der Waals surface area contributed by atoms with Gasteiger partial charge in [-0.15, -0.1) is 0 Å². The lowest BCUT2D eigenvalue weighted by atomic mass is 10.0. The summed E-state index contributed by atoms with van der Waals surface area (Å²) in [5.74, 6) is -0.749. The molecule has 0 aromatic heterocycles. The number of carbonyl (C=O) groups is 2. The molecule has 3 rings (SSSR count). The van der Waals surface area contributed by atoms with Crippen LogP contribution in [0.25, 0.3) is 0 Å². The molecule has 0 spiro atoms. The van der Waals surface area contributed by atoms with Crippen molar-refractivity contribution in [1.29, 1.82) is 0 Å². The van der Waals surface area contributed by atoms with E-state index in [1.165, 1.54) is 0 Å². The highest BCUT2D eigenvalue weighted by Crippen LogP contribution is 2.42. The van der Waals surface area contributed by atoms with E-state index in [-0.39, 0.29) is 10.8 Å². The smallest absolute Gasteiger partial charge is 0.242 e. The molecule has 1 aromatic rings. The van der Waals surface area contributed by atoms with Crippen molar-refractivity contribution in [3.05, 3.63) is 29.3 Å². The van der Waals surface area contributed by atoms with Gasteiger partial charge in [-0.25, -0.2) is 8.42 Å². The highest BCUT2D eigenvalue weighted by molar-refractivity contribution is 7.93. The van der Waals surface area contributed by atoms with Crippen LogP contribution >= 0.6 is 0 Å². The van der Waals surface area contributed by atoms with Crippen LogP contribution in [0.5, 0.6) is 0 Å². The summed E-state index contributed by atoms with van der Waals surface area (Å²) in [6.45, 7) is 4.19. The van der Waals surface area contributed by atoms with Crippen LogP contribution in [-0.4, -0.2) is 37.6 Å². The van der Waals surface area contributed by atoms with Gasteiger partial charge in [0.25, 0.3) is 0 Å². The maximum absolute atomic E-state index is 13.6. The third-order valence-electron chi connectivity index (χ3n) is 5.81. The fourth-order valence-electron chi connectivity index (χ4n) is 4.14. The van der Waals surface area contributed by atoms with Gasteiger partial charge in [0, 0.05) is 6.54 Å². The van der Waals surface area contributed by atoms with Crippen molar-refractivity contribution in [2.24, 2.45) is 0 Å². The first-order valence-corrected chi connectivity index (χ1v) is 11.2. The number of sulfone groups is 1. The van der Waals surface area contributed by atoms with E-state index in [1.807, 2.05) is 13.0 Å². The molecule has 148 valence electrons. The molecule has 1 unspecified atom stereocenters. The molecule has 1 atom stereocenters. The second-order valence-corrected chi connectivity index (χ2v) is 10.0. The Morgan fingerprint density at radius 3 is 2.56 bits per heavy atom. The van der Waals surface area contributed by atoms with Crippen LogP contribution in [0.3, 0.4) is 0 Å². The zero-order valence-electron chi connectivity index (χ0n) is 16.0. The van der Waals surface area contributed by atoms with Gasteiger partial charge in [0.05, 0.1) is 4.90 Å². The molecule has 1 heterocycles. The second kappa shape index (κ2) is 7.62. The van der Waals surface area contributed by atoms with Gasteiger partial charge >= 0.3 is 0 Å². The van der Waals surface area contributed by atoms with Crippen molar-refractivity contribution in [3.63, 3.8) is 0 Å². The van der Waals surface area contributed by atoms with Gasteiger partial charge in [0.2, 0.25) is 11.8 Å². The van der Waals surface area contributed by atoms with Crippen LogP contribution < -0.4 is 10.6 Å². The van der Waals surface area contributed by atoms with Gasteiger partial charge in [-0.1, -0.05) is 25.0 Å². The normalized spacial score (nSPS) is 22.7. The molecule has 0 radical (unpaired) electrons. The molecule has 1 aromatic carbocycles. The quantitative estimate of drug-likeness (QED) is 0.821. The minimum atomic E-state index is -3.87. The van der Waals surface area contributed by atoms with E-state index < -0.39 is 26.5 Å². The molecule has 1 aliphatic heterocycles. The summed E-state index contributed by atoms with van der Waals surface area (Å²) in [7, 11) is -3.87. The zero-order valence-corrected chi connectivity index (χ0v) is 16.8. The molecule has 6 nitrogen and oxygen atoms in total. The molecule has 7 heteroatoms. The molecule has 1 saturated carbocycles. The lowest BCUT2D eigenvalue weighted by Crippen LogP contribution is -2.56. The summed E-state index contributed by atoms with van der Waals surface area (Å²) in [5, 5.41) is 5.56. The molecular formula is C20H28N2O4S. The van der Waals surface area contributed by atoms with E-state index in [9.17, 15) is 18.0 Å². The van der Waals surface area contributed by atoms with Gasteiger partial charge in [-0.2, -0.15) is 0 Å². The lowest BCUT2D eigenvalue weighted by Gasteiger charge is -2.30. The summed E-state index contributed by atoms with van der Waals surface area (Å²) in [4.78, 5) is 25.7. The molecule has 2 fully saturated rings. The van der Waals surface area contributed by atoms with Crippen molar-refractivity contribution in [2.75, 3.05) is 6.54 Å². The van der Waals surface area contributed by atoms with E-state index in [0.29, 0.717) is 44.2 Å². The number of aryl methyl sites for hydroxylation is 2. The van der Waals surface area contributed by atoms with E-state index in [4.69, 9.17) is 0 Å². The number of benzene rings is 1. The van der Waals surface area contributed by atoms with Gasteiger partial charge in [0.1, 0.15) is 6.04 Å². The molecular weight excluding hydrogens is 364 g/mol. The Hall–Kier alpha value is -1.89. The summed E-state index contributed by atoms with van der Waals surface area (Å²) in [5.41, 5.74) is 1.49. The SMILES string of the molecule is Cc1ccc(C)c(S(=O)(=O)C2(C(=O)NC3CCCCNC3=O)CCCC2)c1. The summed E-state index contributed by atoms with van der Waals surface area (Å²) < 4.78 is 25.7. The van der Waals surface area contributed by atoms with Crippen LogP contribution in [-0.2, 0) is 19.4 Å². The van der Waals surface area contributed by atoms with Gasteiger partial charge in [0.15, 0.2) is 14.6 Å². The predicted octanol–water partition coefficient (Wildman–Crippen LogP) is 2.17. The largest absolute Gasteiger partial charge is 0.354 e. The van der Waals surface area contributed by atoms with E-state index in [0.717, 1.165) is 18.4 Å². The maximum Gasteiger partial charge on any atom is 0.242 e. The van der Waals surface area contributed by atoms with Crippen LogP contribution in [0.2, 0.25) is 0 Å². The highest BCUT2D eigenvalue weighted by atomic mass is 32.2. The molecule has 27 heavy (non-hydrogen) atoms. The zero-order chi connectivity index (χ0) is 19.7. The van der Waals surface area contributed by atoms with Crippen LogP contribution in [0, 0.1) is 13.8 Å². The Morgan fingerprint density at radius 2 is 1.85 bits per heavy atom. The molecule has 2 aliphatic rings. The second-order valence-electron chi connectivity index (χ2n) is 7.79. The van der Waals surface area contributed by atoms with Gasteiger partial charge in [-0.05, 0) is 63.1 Å². The number of nitrogens with one attached hydrogen (secondary N) is 2. The first kappa shape index (κ1) is 19.9. The number of hydrogen-bond acceptors (Lipinski definition) is 4. The third-order valence-corrected chi connectivity index (χ3v) is 8.45. The monoisotopic (exact) mass is 392 g/mol. The molecule has 0 bridgehead atoms. The summed E-state index contributed by atoms with van der Waals surface area (Å²) in [6.07, 6.45) is 4.19. The fourth-order valence-corrected chi connectivity index (χ4v) is 6.52. The number of hydrogen-bond donors (Lipinski definition) is 2. The standard InChI is InChI=1S/C20H28N2O4S/c1-14-8-9-15(2)17(13-14)27(25,26)20(10-4-5-11-20)19(24)22-16-7-3-6-12-21-18(16)23/h8-9,13,16H,3-7,10-12H2,1-2H3,(H,21,23)(H,22,24). The van der Waals surface area contributed by atoms with Crippen molar-refractivity contribution in [3.8, 4) is 0 Å². The van der Waals surface area contributed by atoms with Crippen molar-refractivity contribution < 1.29 is 18.0 Å². The van der Waals surface area contributed by atoms with Crippen LogP contribution in [0.4, 0.5) is 0 Å². The first-order valence-electron chi connectivity index (χ1n) is 9.68. The maximum atomic E-state index is 13.6. The highest BCUT2D eigenvalue weighted by Gasteiger charge is 2.53. The Balaban J connectivity index is 1.96. The average Bonchev–Trinajstić information content (AvgIpc) is 3.06. The molecule has 1 saturated heterocycles. The lowest BCUT2D eigenvalue weighted by molar-refractivity contribution is -0.130. The fraction of sp³-hybridized carbons (Fsp3) is 0.600. The minimum absolute atomic E-state index is 0.224.